The largest absolute Gasteiger partial charge is 0.493 e. The van der Waals surface area contributed by atoms with Crippen LogP contribution in [0.5, 0.6) is 5.88 Å². The van der Waals surface area contributed by atoms with Gasteiger partial charge in [-0.2, -0.15) is 9.61 Å². The summed E-state index contributed by atoms with van der Waals surface area (Å²) in [6.07, 6.45) is 2.54. The standard InChI is InChI=1S/C19H21N5O2/c1-23-8-7-13(12-23)10-20-19(26)15-11-21-24-17(25)9-16(22-18(15)24)14-5-3-2-4-6-14/h2-6,9,11,13,25H,7-8,10,12H2,1H3,(H,20,26). The number of nitrogens with zero attached hydrogens (tertiary/aromatic N) is 4. The zero-order valence-electron chi connectivity index (χ0n) is 14.6. The van der Waals surface area contributed by atoms with Gasteiger partial charge in [-0.1, -0.05) is 30.3 Å². The monoisotopic (exact) mass is 351 g/mol. The number of rotatable bonds is 4. The lowest BCUT2D eigenvalue weighted by molar-refractivity contribution is 0.0949. The first kappa shape index (κ1) is 16.5. The molecule has 7 heteroatoms. The number of nitrogens with one attached hydrogen (secondary N) is 1. The number of aromatic nitrogens is 3. The first-order valence-corrected chi connectivity index (χ1v) is 8.72. The third-order valence-corrected chi connectivity index (χ3v) is 4.81. The third-order valence-electron chi connectivity index (χ3n) is 4.81. The molecule has 4 rings (SSSR count). The summed E-state index contributed by atoms with van der Waals surface area (Å²) in [7, 11) is 2.09. The maximum absolute atomic E-state index is 12.6. The lowest BCUT2D eigenvalue weighted by Gasteiger charge is -2.11. The van der Waals surface area contributed by atoms with Crippen molar-refractivity contribution in [1.82, 2.24) is 24.8 Å². The van der Waals surface area contributed by atoms with Crippen molar-refractivity contribution in [2.75, 3.05) is 26.7 Å². The Balaban J connectivity index is 1.61. The molecule has 1 amide bonds. The van der Waals surface area contributed by atoms with E-state index in [-0.39, 0.29) is 11.8 Å². The van der Waals surface area contributed by atoms with E-state index >= 15 is 0 Å². The number of hydrogen-bond donors (Lipinski definition) is 2. The molecule has 0 spiro atoms. The van der Waals surface area contributed by atoms with E-state index in [1.54, 1.807) is 6.07 Å². The van der Waals surface area contributed by atoms with E-state index < -0.39 is 0 Å². The van der Waals surface area contributed by atoms with Gasteiger partial charge < -0.3 is 15.3 Å². The molecule has 2 aromatic heterocycles. The Hall–Kier alpha value is -2.93. The highest BCUT2D eigenvalue weighted by Gasteiger charge is 2.22. The number of fused-ring (bicyclic) bond motifs is 1. The molecule has 1 unspecified atom stereocenters. The van der Waals surface area contributed by atoms with E-state index in [2.05, 4.69) is 27.3 Å². The second-order valence-corrected chi connectivity index (χ2v) is 6.79. The molecule has 1 aliphatic rings. The molecule has 0 radical (unpaired) electrons. The maximum Gasteiger partial charge on any atom is 0.256 e. The molecular weight excluding hydrogens is 330 g/mol. The summed E-state index contributed by atoms with van der Waals surface area (Å²) >= 11 is 0. The topological polar surface area (TPSA) is 82.8 Å². The van der Waals surface area contributed by atoms with Gasteiger partial charge in [0.05, 0.1) is 11.9 Å². The summed E-state index contributed by atoms with van der Waals surface area (Å²) < 4.78 is 1.28. The molecule has 26 heavy (non-hydrogen) atoms. The molecule has 7 nitrogen and oxygen atoms in total. The molecule has 0 saturated carbocycles. The summed E-state index contributed by atoms with van der Waals surface area (Å²) in [5.74, 6) is 0.198. The molecule has 0 bridgehead atoms. The van der Waals surface area contributed by atoms with Crippen molar-refractivity contribution in [2.24, 2.45) is 5.92 Å². The third kappa shape index (κ3) is 3.13. The van der Waals surface area contributed by atoms with E-state index in [0.717, 1.165) is 25.1 Å². The molecular formula is C19H21N5O2. The number of amides is 1. The Labute approximate surface area is 151 Å². The van der Waals surface area contributed by atoms with E-state index in [9.17, 15) is 9.90 Å². The molecule has 1 aliphatic heterocycles. The number of likely N-dealkylation sites (tertiary alicyclic amines) is 1. The van der Waals surface area contributed by atoms with Gasteiger partial charge >= 0.3 is 0 Å². The van der Waals surface area contributed by atoms with Gasteiger partial charge in [0.1, 0.15) is 5.56 Å². The molecule has 3 heterocycles. The van der Waals surface area contributed by atoms with Crippen LogP contribution in [0.1, 0.15) is 16.8 Å². The van der Waals surface area contributed by atoms with Gasteiger partial charge in [-0.3, -0.25) is 4.79 Å². The fourth-order valence-corrected chi connectivity index (χ4v) is 3.39. The van der Waals surface area contributed by atoms with Crippen LogP contribution in [-0.2, 0) is 0 Å². The van der Waals surface area contributed by atoms with Crippen molar-refractivity contribution in [3.05, 3.63) is 48.2 Å². The van der Waals surface area contributed by atoms with Crippen molar-refractivity contribution < 1.29 is 9.90 Å². The Bertz CT molecular complexity index is 938. The highest BCUT2D eigenvalue weighted by atomic mass is 16.3. The fraction of sp³-hybridized carbons (Fsp3) is 0.316. The van der Waals surface area contributed by atoms with Crippen molar-refractivity contribution in [3.8, 4) is 17.1 Å². The van der Waals surface area contributed by atoms with Crippen LogP contribution in [0.3, 0.4) is 0 Å². The average molecular weight is 351 g/mol. The second-order valence-electron chi connectivity index (χ2n) is 6.79. The van der Waals surface area contributed by atoms with E-state index in [1.807, 2.05) is 30.3 Å². The quantitative estimate of drug-likeness (QED) is 0.749. The van der Waals surface area contributed by atoms with Gasteiger partial charge in [0.25, 0.3) is 5.91 Å². The highest BCUT2D eigenvalue weighted by molar-refractivity contribution is 6.00. The van der Waals surface area contributed by atoms with Crippen LogP contribution in [0.15, 0.2) is 42.6 Å². The van der Waals surface area contributed by atoms with E-state index in [0.29, 0.717) is 29.4 Å². The summed E-state index contributed by atoms with van der Waals surface area (Å²) in [4.78, 5) is 19.4. The predicted octanol–water partition coefficient (Wildman–Crippen LogP) is 1.78. The van der Waals surface area contributed by atoms with Gasteiger partial charge in [-0.15, -0.1) is 0 Å². The lowest BCUT2D eigenvalue weighted by atomic mass is 10.1. The van der Waals surface area contributed by atoms with E-state index in [4.69, 9.17) is 0 Å². The summed E-state index contributed by atoms with van der Waals surface area (Å²) in [6.45, 7) is 2.68. The van der Waals surface area contributed by atoms with Crippen LogP contribution in [0.25, 0.3) is 16.9 Å². The average Bonchev–Trinajstić information content (AvgIpc) is 3.27. The minimum Gasteiger partial charge on any atom is -0.493 e. The smallest absolute Gasteiger partial charge is 0.256 e. The van der Waals surface area contributed by atoms with Crippen LogP contribution < -0.4 is 5.32 Å². The molecule has 3 aromatic rings. The van der Waals surface area contributed by atoms with Crippen LogP contribution >= 0.6 is 0 Å². The molecule has 1 fully saturated rings. The molecule has 1 aromatic carbocycles. The number of carbonyl (C=O) groups excluding carboxylic acids is 1. The Morgan fingerprint density at radius 1 is 1.35 bits per heavy atom. The zero-order chi connectivity index (χ0) is 18.1. The first-order chi connectivity index (χ1) is 12.6. The van der Waals surface area contributed by atoms with Crippen LogP contribution in [0, 0.1) is 5.92 Å². The Morgan fingerprint density at radius 3 is 2.88 bits per heavy atom. The number of carbonyl (C=O) groups is 1. The number of hydrogen-bond acceptors (Lipinski definition) is 5. The molecule has 0 aliphatic carbocycles. The minimum atomic E-state index is -0.216. The van der Waals surface area contributed by atoms with Gasteiger partial charge in [-0.05, 0) is 25.9 Å². The Kier molecular flexibility index (Phi) is 4.30. The zero-order valence-corrected chi connectivity index (χ0v) is 14.6. The van der Waals surface area contributed by atoms with Crippen LogP contribution in [0.4, 0.5) is 0 Å². The molecule has 1 saturated heterocycles. The molecule has 2 N–H and O–H groups in total. The van der Waals surface area contributed by atoms with Gasteiger partial charge in [0.2, 0.25) is 5.88 Å². The van der Waals surface area contributed by atoms with Crippen molar-refractivity contribution in [1.29, 1.82) is 0 Å². The van der Waals surface area contributed by atoms with Gasteiger partial charge in [0.15, 0.2) is 5.65 Å². The minimum absolute atomic E-state index is 0.0506. The maximum atomic E-state index is 12.6. The first-order valence-electron chi connectivity index (χ1n) is 8.72. The van der Waals surface area contributed by atoms with Crippen LogP contribution in [0.2, 0.25) is 0 Å². The SMILES string of the molecule is CN1CCC(CNC(=O)c2cnn3c(O)cc(-c4ccccc4)nc23)C1. The summed E-state index contributed by atoms with van der Waals surface area (Å²) in [5, 5.41) is 17.3. The lowest BCUT2D eigenvalue weighted by Crippen LogP contribution is -2.30. The van der Waals surface area contributed by atoms with E-state index in [1.165, 1.54) is 10.7 Å². The molecule has 134 valence electrons. The summed E-state index contributed by atoms with van der Waals surface area (Å²) in [5.41, 5.74) is 2.18. The van der Waals surface area contributed by atoms with Crippen molar-refractivity contribution >= 4 is 11.6 Å². The van der Waals surface area contributed by atoms with Crippen molar-refractivity contribution in [2.45, 2.75) is 6.42 Å². The van der Waals surface area contributed by atoms with Crippen LogP contribution in [-0.4, -0.2) is 57.2 Å². The predicted molar refractivity (Wildman–Crippen MR) is 98.0 cm³/mol. The second kappa shape index (κ2) is 6.76. The number of benzene rings is 1. The normalized spacial score (nSPS) is 17.7. The molecule has 1 atom stereocenters. The Morgan fingerprint density at radius 2 is 2.15 bits per heavy atom. The van der Waals surface area contributed by atoms with Gasteiger partial charge in [0, 0.05) is 24.7 Å². The fourth-order valence-electron chi connectivity index (χ4n) is 3.39. The van der Waals surface area contributed by atoms with Crippen molar-refractivity contribution in [3.63, 3.8) is 0 Å². The summed E-state index contributed by atoms with van der Waals surface area (Å²) in [6, 6.07) is 11.1. The highest BCUT2D eigenvalue weighted by Crippen LogP contribution is 2.24. The number of aromatic hydroxyl groups is 1. The van der Waals surface area contributed by atoms with Gasteiger partial charge in [-0.25, -0.2) is 4.98 Å².